The fourth-order valence-corrected chi connectivity index (χ4v) is 2.13. The van der Waals surface area contributed by atoms with Crippen LogP contribution < -0.4 is 0 Å². The van der Waals surface area contributed by atoms with Gasteiger partial charge >= 0.3 is 5.97 Å². The van der Waals surface area contributed by atoms with Crippen molar-refractivity contribution >= 4 is 34.4 Å². The predicted molar refractivity (Wildman–Crippen MR) is 64.6 cm³/mol. The standard InChI is InChI=1S/C12H10ClNO3/c1-7(15)14-9-6-4-3-5-8(9)10(13)11(14)12(16)17-2/h3-6H,1-2H3. The van der Waals surface area contributed by atoms with Crippen molar-refractivity contribution in [2.24, 2.45) is 0 Å². The first-order valence-corrected chi connectivity index (χ1v) is 5.34. The summed E-state index contributed by atoms with van der Waals surface area (Å²) in [5.41, 5.74) is 0.674. The molecule has 0 unspecified atom stereocenters. The molecule has 2 aromatic rings. The number of ether oxygens (including phenoxy) is 1. The molecule has 0 aliphatic carbocycles. The Bertz CT molecular complexity index is 615. The van der Waals surface area contributed by atoms with Crippen LogP contribution in [-0.4, -0.2) is 23.6 Å². The number of carbonyl (C=O) groups is 2. The largest absolute Gasteiger partial charge is 0.464 e. The Kier molecular flexibility index (Phi) is 2.90. The van der Waals surface area contributed by atoms with Gasteiger partial charge in [0.1, 0.15) is 0 Å². The summed E-state index contributed by atoms with van der Waals surface area (Å²) in [5, 5.41) is 0.896. The molecule has 0 fully saturated rings. The van der Waals surface area contributed by atoms with Gasteiger partial charge in [-0.3, -0.25) is 9.36 Å². The number of para-hydroxylation sites is 1. The van der Waals surface area contributed by atoms with Gasteiger partial charge in [0.05, 0.1) is 17.6 Å². The van der Waals surface area contributed by atoms with Crippen LogP contribution in [-0.2, 0) is 4.74 Å². The van der Waals surface area contributed by atoms with E-state index in [1.807, 2.05) is 0 Å². The van der Waals surface area contributed by atoms with Crippen LogP contribution in [0.4, 0.5) is 0 Å². The zero-order valence-corrected chi connectivity index (χ0v) is 10.1. The molecule has 0 amide bonds. The summed E-state index contributed by atoms with van der Waals surface area (Å²) < 4.78 is 5.91. The van der Waals surface area contributed by atoms with E-state index in [4.69, 9.17) is 11.6 Å². The van der Waals surface area contributed by atoms with Crippen LogP contribution in [0, 0.1) is 0 Å². The lowest BCUT2D eigenvalue weighted by Crippen LogP contribution is -2.15. The Hall–Kier alpha value is -1.81. The minimum Gasteiger partial charge on any atom is -0.464 e. The van der Waals surface area contributed by atoms with Crippen LogP contribution in [0.1, 0.15) is 22.2 Å². The maximum Gasteiger partial charge on any atom is 0.356 e. The molecule has 2 rings (SSSR count). The van der Waals surface area contributed by atoms with E-state index in [0.29, 0.717) is 10.9 Å². The molecule has 1 aromatic heterocycles. The molecule has 0 aliphatic rings. The number of carbonyl (C=O) groups excluding carboxylic acids is 2. The number of aromatic nitrogens is 1. The normalized spacial score (nSPS) is 10.5. The van der Waals surface area contributed by atoms with Gasteiger partial charge < -0.3 is 4.74 Å². The lowest BCUT2D eigenvalue weighted by molar-refractivity contribution is 0.0583. The molecule has 17 heavy (non-hydrogen) atoms. The molecule has 0 radical (unpaired) electrons. The van der Waals surface area contributed by atoms with E-state index in [9.17, 15) is 9.59 Å². The van der Waals surface area contributed by atoms with Gasteiger partial charge in [-0.05, 0) is 6.07 Å². The first-order valence-electron chi connectivity index (χ1n) is 4.96. The number of hydrogen-bond acceptors (Lipinski definition) is 3. The molecule has 0 bridgehead atoms. The van der Waals surface area contributed by atoms with E-state index in [1.54, 1.807) is 24.3 Å². The summed E-state index contributed by atoms with van der Waals surface area (Å²) in [6.07, 6.45) is 0. The molecule has 0 aliphatic heterocycles. The van der Waals surface area contributed by atoms with Gasteiger partial charge in [-0.2, -0.15) is 0 Å². The quantitative estimate of drug-likeness (QED) is 0.732. The zero-order chi connectivity index (χ0) is 12.6. The Morgan fingerprint density at radius 1 is 1.29 bits per heavy atom. The molecular weight excluding hydrogens is 242 g/mol. The number of nitrogens with zero attached hydrogens (tertiary/aromatic N) is 1. The smallest absolute Gasteiger partial charge is 0.356 e. The van der Waals surface area contributed by atoms with E-state index in [-0.39, 0.29) is 16.6 Å². The Morgan fingerprint density at radius 3 is 2.53 bits per heavy atom. The second kappa shape index (κ2) is 4.22. The molecule has 88 valence electrons. The molecule has 1 heterocycles. The number of halogens is 1. The van der Waals surface area contributed by atoms with Crippen LogP contribution in [0.15, 0.2) is 24.3 Å². The van der Waals surface area contributed by atoms with Gasteiger partial charge in [-0.1, -0.05) is 29.8 Å². The van der Waals surface area contributed by atoms with Crippen LogP contribution in [0.5, 0.6) is 0 Å². The number of hydrogen-bond donors (Lipinski definition) is 0. The fraction of sp³-hybridized carbons (Fsp3) is 0.167. The van der Waals surface area contributed by atoms with Crippen LogP contribution in [0.3, 0.4) is 0 Å². The average Bonchev–Trinajstić information content (AvgIpc) is 2.62. The highest BCUT2D eigenvalue weighted by Gasteiger charge is 2.23. The van der Waals surface area contributed by atoms with Crippen LogP contribution in [0.25, 0.3) is 10.9 Å². The zero-order valence-electron chi connectivity index (χ0n) is 9.36. The van der Waals surface area contributed by atoms with E-state index < -0.39 is 5.97 Å². The summed E-state index contributed by atoms with van der Waals surface area (Å²) in [7, 11) is 1.25. The molecule has 0 saturated heterocycles. The monoisotopic (exact) mass is 251 g/mol. The summed E-state index contributed by atoms with van der Waals surface area (Å²) in [5.74, 6) is -0.907. The summed E-state index contributed by atoms with van der Waals surface area (Å²) in [6.45, 7) is 1.37. The Balaban J connectivity index is 2.90. The second-order valence-electron chi connectivity index (χ2n) is 3.53. The van der Waals surface area contributed by atoms with Gasteiger partial charge in [0.25, 0.3) is 0 Å². The van der Waals surface area contributed by atoms with Crippen molar-refractivity contribution in [2.75, 3.05) is 7.11 Å². The first kappa shape index (κ1) is 11.7. The molecular formula is C12H10ClNO3. The lowest BCUT2D eigenvalue weighted by Gasteiger charge is -2.04. The summed E-state index contributed by atoms with van der Waals surface area (Å²) >= 11 is 6.11. The molecule has 1 aromatic carbocycles. The van der Waals surface area contributed by atoms with Crippen molar-refractivity contribution in [3.8, 4) is 0 Å². The third-order valence-corrected chi connectivity index (χ3v) is 2.89. The topological polar surface area (TPSA) is 48.3 Å². The third kappa shape index (κ3) is 1.70. The minimum absolute atomic E-state index is 0.0721. The van der Waals surface area contributed by atoms with Crippen molar-refractivity contribution in [3.05, 3.63) is 35.0 Å². The minimum atomic E-state index is -0.624. The highest BCUT2D eigenvalue weighted by atomic mass is 35.5. The highest BCUT2D eigenvalue weighted by Crippen LogP contribution is 2.30. The second-order valence-corrected chi connectivity index (χ2v) is 3.90. The summed E-state index contributed by atoms with van der Waals surface area (Å²) in [6, 6.07) is 7.05. The van der Waals surface area contributed by atoms with E-state index in [2.05, 4.69) is 4.74 Å². The third-order valence-electron chi connectivity index (χ3n) is 2.51. The van der Waals surface area contributed by atoms with Gasteiger partial charge in [-0.15, -0.1) is 0 Å². The summed E-state index contributed by atoms with van der Waals surface area (Å²) in [4.78, 5) is 23.3. The number of rotatable bonds is 1. The van der Waals surface area contributed by atoms with Gasteiger partial charge in [0, 0.05) is 12.3 Å². The van der Waals surface area contributed by atoms with E-state index in [1.165, 1.54) is 18.6 Å². The van der Waals surface area contributed by atoms with Crippen molar-refractivity contribution < 1.29 is 14.3 Å². The van der Waals surface area contributed by atoms with Crippen molar-refractivity contribution in [1.29, 1.82) is 0 Å². The van der Waals surface area contributed by atoms with Gasteiger partial charge in [-0.25, -0.2) is 4.79 Å². The molecule has 0 spiro atoms. The van der Waals surface area contributed by atoms with Crippen LogP contribution >= 0.6 is 11.6 Å². The SMILES string of the molecule is COC(=O)c1c(Cl)c2ccccc2n1C(C)=O. The molecule has 0 atom stereocenters. The maximum absolute atomic E-state index is 11.6. The van der Waals surface area contributed by atoms with E-state index >= 15 is 0 Å². The Morgan fingerprint density at radius 2 is 1.94 bits per heavy atom. The van der Waals surface area contributed by atoms with E-state index in [0.717, 1.165) is 0 Å². The number of fused-ring (bicyclic) bond motifs is 1. The van der Waals surface area contributed by atoms with Gasteiger partial charge in [0.2, 0.25) is 5.91 Å². The lowest BCUT2D eigenvalue weighted by atomic mass is 10.2. The highest BCUT2D eigenvalue weighted by molar-refractivity contribution is 6.39. The van der Waals surface area contributed by atoms with Crippen molar-refractivity contribution in [1.82, 2.24) is 4.57 Å². The average molecular weight is 252 g/mol. The van der Waals surface area contributed by atoms with Crippen molar-refractivity contribution in [2.45, 2.75) is 6.92 Å². The maximum atomic E-state index is 11.6. The number of benzene rings is 1. The first-order chi connectivity index (χ1) is 8.07. The molecule has 4 nitrogen and oxygen atoms in total. The van der Waals surface area contributed by atoms with Crippen molar-refractivity contribution in [3.63, 3.8) is 0 Å². The van der Waals surface area contributed by atoms with Gasteiger partial charge in [0.15, 0.2) is 5.69 Å². The molecule has 0 N–H and O–H groups in total. The number of methoxy groups -OCH3 is 1. The van der Waals surface area contributed by atoms with Crippen LogP contribution in [0.2, 0.25) is 5.02 Å². The predicted octanol–water partition coefficient (Wildman–Crippen LogP) is 2.74. The number of esters is 1. The molecule has 5 heteroatoms. The fourth-order valence-electron chi connectivity index (χ4n) is 1.81. The Labute approximate surface area is 103 Å². The molecule has 0 saturated carbocycles.